The molecule has 0 saturated heterocycles. The first-order valence-corrected chi connectivity index (χ1v) is 3.67. The molecule has 0 bridgehead atoms. The summed E-state index contributed by atoms with van der Waals surface area (Å²) in [6, 6.07) is 0. The molecule has 0 saturated carbocycles. The minimum Gasteiger partial charge on any atom is -0.294 e. The van der Waals surface area contributed by atoms with Crippen molar-refractivity contribution in [2.75, 3.05) is 0 Å². The van der Waals surface area contributed by atoms with E-state index in [4.69, 9.17) is 11.6 Å². The normalized spacial score (nSPS) is 12.0. The summed E-state index contributed by atoms with van der Waals surface area (Å²) in [5.74, 6) is -0.264. The summed E-state index contributed by atoms with van der Waals surface area (Å²) in [6.07, 6.45) is 2.93. The molecule has 3 heteroatoms. The minimum absolute atomic E-state index is 0.264. The maximum atomic E-state index is 11.1. The third kappa shape index (κ3) is 2.46. The van der Waals surface area contributed by atoms with Gasteiger partial charge in [-0.15, -0.1) is 0 Å². The van der Waals surface area contributed by atoms with E-state index in [1.54, 1.807) is 13.0 Å². The molecule has 0 spiro atoms. The van der Waals surface area contributed by atoms with Crippen LogP contribution in [-0.4, -0.2) is 11.0 Å². The van der Waals surface area contributed by atoms with Crippen molar-refractivity contribution in [3.63, 3.8) is 0 Å². The molecule has 0 fully saturated rings. The van der Waals surface area contributed by atoms with Crippen LogP contribution < -0.4 is 0 Å². The monoisotopic (exact) mass is 174 g/mol. The molecule has 0 N–H and O–H groups in total. The topological polar surface area (TPSA) is 34.1 Å². The van der Waals surface area contributed by atoms with Gasteiger partial charge in [-0.1, -0.05) is 6.08 Å². The zero-order chi connectivity index (χ0) is 9.07. The molecule has 0 aliphatic carbocycles. The van der Waals surface area contributed by atoms with Crippen molar-refractivity contribution in [2.24, 2.45) is 5.41 Å². The van der Waals surface area contributed by atoms with Crippen LogP contribution in [0.1, 0.15) is 20.8 Å². The Hall–Kier alpha value is -0.630. The number of halogens is 1. The second-order valence-electron chi connectivity index (χ2n) is 2.76. The second kappa shape index (κ2) is 3.67. The van der Waals surface area contributed by atoms with Crippen LogP contribution in [0.3, 0.4) is 0 Å². The highest BCUT2D eigenvalue weighted by molar-refractivity contribution is 6.66. The summed E-state index contributed by atoms with van der Waals surface area (Å²) in [5, 5.41) is -0.624. The summed E-state index contributed by atoms with van der Waals surface area (Å²) >= 11 is 5.21. The van der Waals surface area contributed by atoms with Gasteiger partial charge in [0.05, 0.1) is 0 Å². The Bertz CT molecular complexity index is 204. The van der Waals surface area contributed by atoms with Gasteiger partial charge in [0.25, 0.3) is 0 Å². The number of carbonyl (C=O) groups is 2. The Labute approximate surface area is 71.2 Å². The van der Waals surface area contributed by atoms with Crippen LogP contribution in [0.4, 0.5) is 0 Å². The minimum atomic E-state index is -1.09. The van der Waals surface area contributed by atoms with Gasteiger partial charge >= 0.3 is 0 Å². The molecule has 0 aromatic carbocycles. The van der Waals surface area contributed by atoms with E-state index in [1.807, 2.05) is 0 Å². The number of carbonyl (C=O) groups excluding carboxylic acids is 2. The lowest BCUT2D eigenvalue weighted by Crippen LogP contribution is -2.28. The summed E-state index contributed by atoms with van der Waals surface area (Å²) in [5.41, 5.74) is -1.09. The Morgan fingerprint density at radius 2 is 1.82 bits per heavy atom. The number of ketones is 1. The number of hydrogen-bond acceptors (Lipinski definition) is 2. The van der Waals surface area contributed by atoms with E-state index in [1.165, 1.54) is 19.9 Å². The first-order valence-electron chi connectivity index (χ1n) is 3.30. The maximum Gasteiger partial charge on any atom is 0.235 e. The molecule has 0 aromatic rings. The van der Waals surface area contributed by atoms with E-state index in [-0.39, 0.29) is 5.78 Å². The zero-order valence-electron chi connectivity index (χ0n) is 6.85. The lowest BCUT2D eigenvalue weighted by molar-refractivity contribution is -0.131. The number of rotatable bonds is 3. The fraction of sp³-hybridized carbons (Fsp3) is 0.500. The lowest BCUT2D eigenvalue weighted by Gasteiger charge is -2.14. The summed E-state index contributed by atoms with van der Waals surface area (Å²) in [7, 11) is 0. The Morgan fingerprint density at radius 3 is 2.09 bits per heavy atom. The van der Waals surface area contributed by atoms with E-state index < -0.39 is 10.7 Å². The fourth-order valence-electron chi connectivity index (χ4n) is 0.457. The molecule has 0 aliphatic rings. The molecule has 0 aliphatic heterocycles. The first-order chi connectivity index (χ1) is 4.92. The highest BCUT2D eigenvalue weighted by Gasteiger charge is 2.32. The first kappa shape index (κ1) is 10.4. The van der Waals surface area contributed by atoms with Gasteiger partial charge in [0.2, 0.25) is 5.24 Å². The Kier molecular flexibility index (Phi) is 3.46. The van der Waals surface area contributed by atoms with Crippen LogP contribution in [0.5, 0.6) is 0 Å². The molecule has 0 atom stereocenters. The average Bonchev–Trinajstić information content (AvgIpc) is 1.88. The van der Waals surface area contributed by atoms with Crippen LogP contribution in [0.2, 0.25) is 0 Å². The highest BCUT2D eigenvalue weighted by atomic mass is 35.5. The predicted octanol–water partition coefficient (Wildman–Crippen LogP) is 1.92. The van der Waals surface area contributed by atoms with Crippen molar-refractivity contribution in [2.45, 2.75) is 20.8 Å². The van der Waals surface area contributed by atoms with Gasteiger partial charge in [-0.3, -0.25) is 9.59 Å². The fourth-order valence-corrected chi connectivity index (χ4v) is 0.550. The lowest BCUT2D eigenvalue weighted by atomic mass is 9.89. The predicted molar refractivity (Wildman–Crippen MR) is 44.5 cm³/mol. The van der Waals surface area contributed by atoms with Crippen molar-refractivity contribution < 1.29 is 9.59 Å². The van der Waals surface area contributed by atoms with Crippen molar-refractivity contribution in [1.29, 1.82) is 0 Å². The van der Waals surface area contributed by atoms with Crippen LogP contribution >= 0.6 is 11.6 Å². The molecule has 0 aromatic heterocycles. The largest absolute Gasteiger partial charge is 0.294 e. The Morgan fingerprint density at radius 1 is 1.36 bits per heavy atom. The van der Waals surface area contributed by atoms with Gasteiger partial charge in [0.1, 0.15) is 5.41 Å². The highest BCUT2D eigenvalue weighted by Crippen LogP contribution is 2.20. The molecule has 2 nitrogen and oxygen atoms in total. The molecule has 11 heavy (non-hydrogen) atoms. The van der Waals surface area contributed by atoms with E-state index >= 15 is 0 Å². The van der Waals surface area contributed by atoms with Gasteiger partial charge < -0.3 is 0 Å². The van der Waals surface area contributed by atoms with Gasteiger partial charge in [-0.05, 0) is 38.4 Å². The molecule has 0 heterocycles. The molecule has 62 valence electrons. The number of allylic oxidation sites excluding steroid dienone is 2. The van der Waals surface area contributed by atoms with Crippen LogP contribution in [0.25, 0.3) is 0 Å². The smallest absolute Gasteiger partial charge is 0.235 e. The average molecular weight is 175 g/mol. The summed E-state index contributed by atoms with van der Waals surface area (Å²) in [4.78, 5) is 21.8. The SMILES string of the molecule is C/C=C/C(=O)C(C)(C)C(=O)Cl. The van der Waals surface area contributed by atoms with Gasteiger partial charge in [-0.2, -0.15) is 0 Å². The third-order valence-corrected chi connectivity index (χ3v) is 1.90. The molecular formula is C8H11ClO2. The van der Waals surface area contributed by atoms with Crippen molar-refractivity contribution in [3.05, 3.63) is 12.2 Å². The standard InChI is InChI=1S/C8H11ClO2/c1-4-5-6(10)8(2,3)7(9)11/h4-5H,1-3H3/b5-4+. The Balaban J connectivity index is 4.56. The summed E-state index contributed by atoms with van der Waals surface area (Å²) < 4.78 is 0. The second-order valence-corrected chi connectivity index (χ2v) is 3.11. The van der Waals surface area contributed by atoms with Gasteiger partial charge in [0.15, 0.2) is 5.78 Å². The van der Waals surface area contributed by atoms with Crippen molar-refractivity contribution >= 4 is 22.6 Å². The molecule has 0 amide bonds. The van der Waals surface area contributed by atoms with Crippen LogP contribution in [0.15, 0.2) is 12.2 Å². The molecule has 0 unspecified atom stereocenters. The van der Waals surface area contributed by atoms with Gasteiger partial charge in [0, 0.05) is 0 Å². The summed E-state index contributed by atoms with van der Waals surface area (Å²) in [6.45, 7) is 4.72. The quantitative estimate of drug-likeness (QED) is 0.372. The maximum absolute atomic E-state index is 11.1. The molecule has 0 rings (SSSR count). The van der Waals surface area contributed by atoms with E-state index in [0.717, 1.165) is 0 Å². The third-order valence-electron chi connectivity index (χ3n) is 1.43. The van der Waals surface area contributed by atoms with E-state index in [2.05, 4.69) is 0 Å². The van der Waals surface area contributed by atoms with Crippen LogP contribution in [0, 0.1) is 5.41 Å². The van der Waals surface area contributed by atoms with E-state index in [9.17, 15) is 9.59 Å². The van der Waals surface area contributed by atoms with Gasteiger partial charge in [-0.25, -0.2) is 0 Å². The zero-order valence-corrected chi connectivity index (χ0v) is 7.61. The van der Waals surface area contributed by atoms with E-state index in [0.29, 0.717) is 0 Å². The van der Waals surface area contributed by atoms with Crippen molar-refractivity contribution in [3.8, 4) is 0 Å². The number of hydrogen-bond donors (Lipinski definition) is 0. The van der Waals surface area contributed by atoms with Crippen molar-refractivity contribution in [1.82, 2.24) is 0 Å². The molecule has 0 radical (unpaired) electrons. The van der Waals surface area contributed by atoms with Crippen LogP contribution in [-0.2, 0) is 9.59 Å². The molecular weight excluding hydrogens is 164 g/mol.